The van der Waals surface area contributed by atoms with E-state index >= 15 is 0 Å². The van der Waals surface area contributed by atoms with Crippen molar-refractivity contribution in [3.63, 3.8) is 0 Å². The third-order valence-corrected chi connectivity index (χ3v) is 5.37. The highest BCUT2D eigenvalue weighted by molar-refractivity contribution is 6.06. The van der Waals surface area contributed by atoms with Gasteiger partial charge in [0.1, 0.15) is 0 Å². The van der Waals surface area contributed by atoms with E-state index in [0.717, 1.165) is 19.3 Å². The number of fused-ring (bicyclic) bond motifs is 5. The number of nitrogens with one attached hydrogen (secondary N) is 1. The third kappa shape index (κ3) is 2.01. The molecule has 5 heteroatoms. The van der Waals surface area contributed by atoms with Crippen molar-refractivity contribution in [3.8, 4) is 0 Å². The number of carbonyl (C=O) groups excluding carboxylic acids is 3. The molecule has 2 bridgehead atoms. The van der Waals surface area contributed by atoms with Gasteiger partial charge in [-0.2, -0.15) is 0 Å². The first-order valence-electron chi connectivity index (χ1n) is 7.98. The zero-order valence-electron chi connectivity index (χ0n) is 12.0. The van der Waals surface area contributed by atoms with E-state index in [1.54, 1.807) is 0 Å². The molecule has 112 valence electrons. The Morgan fingerprint density at radius 1 is 1.14 bits per heavy atom. The fourth-order valence-corrected chi connectivity index (χ4v) is 4.12. The molecule has 0 aromatic rings. The molecule has 4 unspecified atom stereocenters. The highest BCUT2D eigenvalue weighted by Crippen LogP contribution is 2.52. The summed E-state index contributed by atoms with van der Waals surface area (Å²) in [5.74, 6) is 0.689. The van der Waals surface area contributed by atoms with Crippen LogP contribution >= 0.6 is 0 Å². The van der Waals surface area contributed by atoms with Crippen LogP contribution in [0.2, 0.25) is 0 Å². The maximum atomic E-state index is 12.4. The highest BCUT2D eigenvalue weighted by atomic mass is 16.2. The molecule has 3 aliphatic carbocycles. The van der Waals surface area contributed by atoms with Gasteiger partial charge >= 0.3 is 0 Å². The fourth-order valence-electron chi connectivity index (χ4n) is 4.12. The predicted molar refractivity (Wildman–Crippen MR) is 74.8 cm³/mol. The first-order valence-corrected chi connectivity index (χ1v) is 7.98. The Labute approximate surface area is 123 Å². The van der Waals surface area contributed by atoms with Gasteiger partial charge in [-0.1, -0.05) is 12.2 Å². The van der Waals surface area contributed by atoms with Gasteiger partial charge in [-0.15, -0.1) is 0 Å². The summed E-state index contributed by atoms with van der Waals surface area (Å²) < 4.78 is 0. The average Bonchev–Trinajstić information content (AvgIpc) is 3.06. The third-order valence-electron chi connectivity index (χ3n) is 5.37. The lowest BCUT2D eigenvalue weighted by molar-refractivity contribution is -0.140. The molecule has 1 heterocycles. The number of allylic oxidation sites excluding steroid dienone is 2. The maximum Gasteiger partial charge on any atom is 0.233 e. The Morgan fingerprint density at radius 3 is 2.33 bits per heavy atom. The van der Waals surface area contributed by atoms with Crippen molar-refractivity contribution in [1.29, 1.82) is 0 Å². The Kier molecular flexibility index (Phi) is 2.91. The number of carbonyl (C=O) groups is 3. The molecule has 1 N–H and O–H groups in total. The Balaban J connectivity index is 1.31. The Morgan fingerprint density at radius 2 is 1.76 bits per heavy atom. The Hall–Kier alpha value is -1.65. The lowest BCUT2D eigenvalue weighted by Gasteiger charge is -2.17. The van der Waals surface area contributed by atoms with Gasteiger partial charge in [0.15, 0.2) is 0 Å². The minimum absolute atomic E-state index is 0.00960. The van der Waals surface area contributed by atoms with Crippen LogP contribution in [0.4, 0.5) is 0 Å². The molecule has 3 fully saturated rings. The van der Waals surface area contributed by atoms with Crippen molar-refractivity contribution < 1.29 is 14.4 Å². The molecule has 5 nitrogen and oxygen atoms in total. The van der Waals surface area contributed by atoms with Gasteiger partial charge in [-0.05, 0) is 37.5 Å². The van der Waals surface area contributed by atoms with E-state index in [4.69, 9.17) is 0 Å². The monoisotopic (exact) mass is 288 g/mol. The first kappa shape index (κ1) is 13.0. The number of rotatable bonds is 5. The smallest absolute Gasteiger partial charge is 0.233 e. The SMILES string of the molecule is O=C(NCCCN1C(=O)C2C3C=CC(C3)C2C1=O)C1CC1. The van der Waals surface area contributed by atoms with E-state index in [1.807, 2.05) is 0 Å². The van der Waals surface area contributed by atoms with Crippen molar-refractivity contribution in [2.75, 3.05) is 13.1 Å². The zero-order valence-corrected chi connectivity index (χ0v) is 12.0. The molecule has 0 radical (unpaired) electrons. The zero-order chi connectivity index (χ0) is 14.6. The number of imide groups is 1. The van der Waals surface area contributed by atoms with Crippen molar-refractivity contribution in [3.05, 3.63) is 12.2 Å². The standard InChI is InChI=1S/C16H20N2O3/c19-14(9-2-3-9)17-6-1-7-18-15(20)12-10-4-5-11(8-10)13(12)16(18)21/h4-5,9-13H,1-3,6-8H2,(H,17,19). The molecule has 1 saturated heterocycles. The van der Waals surface area contributed by atoms with Crippen LogP contribution < -0.4 is 5.32 Å². The minimum Gasteiger partial charge on any atom is -0.356 e. The van der Waals surface area contributed by atoms with Gasteiger partial charge in [0, 0.05) is 19.0 Å². The quantitative estimate of drug-likeness (QED) is 0.460. The summed E-state index contributed by atoms with van der Waals surface area (Å²) in [4.78, 5) is 37.8. The summed E-state index contributed by atoms with van der Waals surface area (Å²) in [6.45, 7) is 0.988. The van der Waals surface area contributed by atoms with Crippen LogP contribution in [0.3, 0.4) is 0 Å². The van der Waals surface area contributed by atoms with Crippen LogP contribution in [-0.2, 0) is 14.4 Å². The summed E-state index contributed by atoms with van der Waals surface area (Å²) in [5.41, 5.74) is 0. The van der Waals surface area contributed by atoms with E-state index in [1.165, 1.54) is 4.90 Å². The van der Waals surface area contributed by atoms with Gasteiger partial charge in [0.25, 0.3) is 0 Å². The van der Waals surface area contributed by atoms with Crippen LogP contribution in [0.1, 0.15) is 25.7 Å². The first-order chi connectivity index (χ1) is 10.2. The van der Waals surface area contributed by atoms with Gasteiger partial charge in [-0.3, -0.25) is 19.3 Å². The van der Waals surface area contributed by atoms with Crippen LogP contribution in [0.15, 0.2) is 12.2 Å². The van der Waals surface area contributed by atoms with Crippen LogP contribution in [-0.4, -0.2) is 35.7 Å². The average molecular weight is 288 g/mol. The molecule has 3 amide bonds. The molecule has 0 aromatic carbocycles. The van der Waals surface area contributed by atoms with Gasteiger partial charge in [0.2, 0.25) is 17.7 Å². The fraction of sp³-hybridized carbons (Fsp3) is 0.688. The van der Waals surface area contributed by atoms with E-state index in [0.29, 0.717) is 19.5 Å². The maximum absolute atomic E-state index is 12.4. The van der Waals surface area contributed by atoms with Crippen LogP contribution in [0, 0.1) is 29.6 Å². The molecule has 0 spiro atoms. The molecule has 2 saturated carbocycles. The second-order valence-electron chi connectivity index (χ2n) is 6.75. The lowest BCUT2D eigenvalue weighted by atomic mass is 9.85. The topological polar surface area (TPSA) is 66.5 Å². The summed E-state index contributed by atoms with van der Waals surface area (Å²) in [6.07, 6.45) is 7.82. The van der Waals surface area contributed by atoms with Crippen molar-refractivity contribution >= 4 is 17.7 Å². The molecule has 21 heavy (non-hydrogen) atoms. The molecule has 4 aliphatic rings. The van der Waals surface area contributed by atoms with Crippen molar-refractivity contribution in [1.82, 2.24) is 10.2 Å². The molecule has 4 atom stereocenters. The second kappa shape index (κ2) is 4.68. The number of nitrogens with zero attached hydrogens (tertiary/aromatic N) is 1. The van der Waals surface area contributed by atoms with Crippen LogP contribution in [0.5, 0.6) is 0 Å². The molecular weight excluding hydrogens is 268 g/mol. The summed E-state index contributed by atoms with van der Waals surface area (Å²) in [5, 5.41) is 2.88. The number of hydrogen-bond donors (Lipinski definition) is 1. The molecular formula is C16H20N2O3. The Bertz CT molecular complexity index is 508. The minimum atomic E-state index is -0.103. The summed E-state index contributed by atoms with van der Waals surface area (Å²) in [7, 11) is 0. The van der Waals surface area contributed by atoms with Crippen molar-refractivity contribution in [2.45, 2.75) is 25.7 Å². The van der Waals surface area contributed by atoms with E-state index in [9.17, 15) is 14.4 Å². The molecule has 1 aliphatic heterocycles. The number of likely N-dealkylation sites (tertiary alicyclic amines) is 1. The van der Waals surface area contributed by atoms with Crippen LogP contribution in [0.25, 0.3) is 0 Å². The normalized spacial score (nSPS) is 36.5. The number of hydrogen-bond acceptors (Lipinski definition) is 3. The largest absolute Gasteiger partial charge is 0.356 e. The lowest BCUT2D eigenvalue weighted by Crippen LogP contribution is -2.36. The van der Waals surface area contributed by atoms with Gasteiger partial charge < -0.3 is 5.32 Å². The van der Waals surface area contributed by atoms with E-state index < -0.39 is 0 Å². The molecule has 4 rings (SSSR count). The van der Waals surface area contributed by atoms with Crippen molar-refractivity contribution in [2.24, 2.45) is 29.6 Å². The predicted octanol–water partition coefficient (Wildman–Crippen LogP) is 0.710. The highest BCUT2D eigenvalue weighted by Gasteiger charge is 2.58. The van der Waals surface area contributed by atoms with E-state index in [-0.39, 0.29) is 47.3 Å². The second-order valence-corrected chi connectivity index (χ2v) is 6.75. The number of amides is 3. The van der Waals surface area contributed by atoms with E-state index in [2.05, 4.69) is 17.5 Å². The summed E-state index contributed by atoms with van der Waals surface area (Å²) in [6, 6.07) is 0. The summed E-state index contributed by atoms with van der Waals surface area (Å²) >= 11 is 0. The van der Waals surface area contributed by atoms with Gasteiger partial charge in [0.05, 0.1) is 11.8 Å². The van der Waals surface area contributed by atoms with Gasteiger partial charge in [-0.25, -0.2) is 0 Å². The molecule has 0 aromatic heterocycles.